The van der Waals surface area contributed by atoms with E-state index in [1.807, 2.05) is 13.8 Å². The third-order valence-electron chi connectivity index (χ3n) is 2.15. The number of carboxylic acids is 1. The van der Waals surface area contributed by atoms with Gasteiger partial charge in [-0.1, -0.05) is 0 Å². The zero-order valence-corrected chi connectivity index (χ0v) is 9.45. The number of rotatable bonds is 8. The van der Waals surface area contributed by atoms with Crippen LogP contribution in [0.25, 0.3) is 0 Å². The van der Waals surface area contributed by atoms with Gasteiger partial charge in [0.25, 0.3) is 0 Å². The molecular formula is C10H20N2O3. The second kappa shape index (κ2) is 8.23. The molecule has 0 rings (SSSR count). The molecule has 0 atom stereocenters. The van der Waals surface area contributed by atoms with Crippen molar-refractivity contribution in [2.75, 3.05) is 26.2 Å². The van der Waals surface area contributed by atoms with Gasteiger partial charge in [0.15, 0.2) is 0 Å². The monoisotopic (exact) mass is 216 g/mol. The molecule has 1 amide bonds. The predicted octanol–water partition coefficient (Wildman–Crippen LogP) is 0.309. The summed E-state index contributed by atoms with van der Waals surface area (Å²) in [5.74, 6) is -0.708. The summed E-state index contributed by atoms with van der Waals surface area (Å²) in [5.41, 5.74) is 0. The third-order valence-corrected chi connectivity index (χ3v) is 2.15. The summed E-state index contributed by atoms with van der Waals surface area (Å²) in [5, 5.41) is 11.3. The summed E-state index contributed by atoms with van der Waals surface area (Å²) < 4.78 is 0. The maximum Gasteiger partial charge on any atom is 0.304 e. The minimum atomic E-state index is -0.822. The van der Waals surface area contributed by atoms with Gasteiger partial charge in [0, 0.05) is 32.6 Å². The van der Waals surface area contributed by atoms with E-state index in [-0.39, 0.29) is 12.3 Å². The Balaban J connectivity index is 3.50. The molecule has 15 heavy (non-hydrogen) atoms. The highest BCUT2D eigenvalue weighted by Crippen LogP contribution is 1.92. The van der Waals surface area contributed by atoms with Gasteiger partial charge in [0.05, 0.1) is 6.42 Å². The van der Waals surface area contributed by atoms with Crippen molar-refractivity contribution in [3.05, 3.63) is 0 Å². The zero-order chi connectivity index (χ0) is 11.7. The Labute approximate surface area is 90.5 Å². The Hall–Kier alpha value is -1.10. The van der Waals surface area contributed by atoms with Crippen LogP contribution in [0.4, 0.5) is 0 Å². The van der Waals surface area contributed by atoms with Crippen molar-refractivity contribution < 1.29 is 14.7 Å². The largest absolute Gasteiger partial charge is 0.481 e. The highest BCUT2D eigenvalue weighted by molar-refractivity contribution is 5.76. The Bertz CT molecular complexity index is 203. The summed E-state index contributed by atoms with van der Waals surface area (Å²) in [7, 11) is 0. The van der Waals surface area contributed by atoms with E-state index in [1.165, 1.54) is 0 Å². The molecule has 5 heteroatoms. The standard InChI is InChI=1S/C10H20N2O3/c1-3-12(4-2)9(13)5-7-11-8-6-10(14)15/h11H,3-8H2,1-2H3,(H,14,15). The van der Waals surface area contributed by atoms with Crippen LogP contribution in [0.15, 0.2) is 0 Å². The highest BCUT2D eigenvalue weighted by atomic mass is 16.4. The first-order valence-electron chi connectivity index (χ1n) is 5.32. The van der Waals surface area contributed by atoms with Crippen LogP contribution in [0.5, 0.6) is 0 Å². The number of aliphatic carboxylic acids is 1. The van der Waals surface area contributed by atoms with Crippen LogP contribution in [0.3, 0.4) is 0 Å². The van der Waals surface area contributed by atoms with Gasteiger partial charge in [0.1, 0.15) is 0 Å². The fourth-order valence-corrected chi connectivity index (χ4v) is 1.25. The first-order chi connectivity index (χ1) is 7.11. The minimum Gasteiger partial charge on any atom is -0.481 e. The lowest BCUT2D eigenvalue weighted by Crippen LogP contribution is -2.33. The van der Waals surface area contributed by atoms with Crippen LogP contribution < -0.4 is 5.32 Å². The molecule has 0 spiro atoms. The number of hydrogen-bond donors (Lipinski definition) is 2. The van der Waals surface area contributed by atoms with Crippen molar-refractivity contribution in [2.45, 2.75) is 26.7 Å². The first-order valence-corrected chi connectivity index (χ1v) is 5.32. The van der Waals surface area contributed by atoms with Crippen LogP contribution >= 0.6 is 0 Å². The molecule has 0 saturated carbocycles. The Morgan fingerprint density at radius 1 is 1.13 bits per heavy atom. The van der Waals surface area contributed by atoms with E-state index in [4.69, 9.17) is 5.11 Å². The average Bonchev–Trinajstić information content (AvgIpc) is 2.18. The van der Waals surface area contributed by atoms with Gasteiger partial charge in [0.2, 0.25) is 5.91 Å². The topological polar surface area (TPSA) is 69.6 Å². The summed E-state index contributed by atoms with van der Waals surface area (Å²) in [6.45, 7) is 6.30. The number of carbonyl (C=O) groups excluding carboxylic acids is 1. The molecule has 0 fully saturated rings. The van der Waals surface area contributed by atoms with Gasteiger partial charge in [-0.15, -0.1) is 0 Å². The van der Waals surface area contributed by atoms with Crippen molar-refractivity contribution >= 4 is 11.9 Å². The Morgan fingerprint density at radius 2 is 1.67 bits per heavy atom. The first kappa shape index (κ1) is 13.9. The maximum absolute atomic E-state index is 11.5. The number of hydrogen-bond acceptors (Lipinski definition) is 3. The number of carboxylic acid groups (broad SMARTS) is 1. The molecule has 0 aromatic carbocycles. The summed E-state index contributed by atoms with van der Waals surface area (Å²) in [6, 6.07) is 0. The van der Waals surface area contributed by atoms with Crippen molar-refractivity contribution in [2.24, 2.45) is 0 Å². The van der Waals surface area contributed by atoms with E-state index in [1.54, 1.807) is 4.90 Å². The van der Waals surface area contributed by atoms with E-state index in [2.05, 4.69) is 5.32 Å². The molecule has 5 nitrogen and oxygen atoms in total. The van der Waals surface area contributed by atoms with Crippen LogP contribution in [0, 0.1) is 0 Å². The molecule has 0 aliphatic carbocycles. The normalized spacial score (nSPS) is 10.0. The lowest BCUT2D eigenvalue weighted by atomic mass is 10.3. The quantitative estimate of drug-likeness (QED) is 0.573. The SMILES string of the molecule is CCN(CC)C(=O)CCNCCC(=O)O. The molecule has 0 aliphatic rings. The second-order valence-electron chi connectivity index (χ2n) is 3.21. The maximum atomic E-state index is 11.5. The molecule has 0 aliphatic heterocycles. The van der Waals surface area contributed by atoms with Crippen molar-refractivity contribution in [1.82, 2.24) is 10.2 Å². The number of carbonyl (C=O) groups is 2. The molecule has 0 aromatic rings. The second-order valence-corrected chi connectivity index (χ2v) is 3.21. The molecule has 0 radical (unpaired) electrons. The van der Waals surface area contributed by atoms with E-state index in [0.717, 1.165) is 13.1 Å². The van der Waals surface area contributed by atoms with Crippen molar-refractivity contribution in [1.29, 1.82) is 0 Å². The van der Waals surface area contributed by atoms with Crippen molar-refractivity contribution in [3.63, 3.8) is 0 Å². The molecule has 0 heterocycles. The van der Waals surface area contributed by atoms with Crippen LogP contribution in [-0.2, 0) is 9.59 Å². The Kier molecular flexibility index (Phi) is 7.62. The fraction of sp³-hybridized carbons (Fsp3) is 0.800. The van der Waals surface area contributed by atoms with E-state index >= 15 is 0 Å². The number of nitrogens with zero attached hydrogens (tertiary/aromatic N) is 1. The lowest BCUT2D eigenvalue weighted by molar-refractivity contribution is -0.136. The zero-order valence-electron chi connectivity index (χ0n) is 9.45. The van der Waals surface area contributed by atoms with Gasteiger partial charge < -0.3 is 15.3 Å². The van der Waals surface area contributed by atoms with E-state index < -0.39 is 5.97 Å². The highest BCUT2D eigenvalue weighted by Gasteiger charge is 2.08. The van der Waals surface area contributed by atoms with Gasteiger partial charge in [-0.05, 0) is 13.8 Å². The van der Waals surface area contributed by atoms with Crippen molar-refractivity contribution in [3.8, 4) is 0 Å². The molecular weight excluding hydrogens is 196 g/mol. The minimum absolute atomic E-state index is 0.0967. The Morgan fingerprint density at radius 3 is 2.13 bits per heavy atom. The predicted molar refractivity (Wildman–Crippen MR) is 57.7 cm³/mol. The molecule has 0 aromatic heterocycles. The van der Waals surface area contributed by atoms with Gasteiger partial charge >= 0.3 is 5.97 Å². The van der Waals surface area contributed by atoms with Crippen LogP contribution in [0.2, 0.25) is 0 Å². The summed E-state index contributed by atoms with van der Waals surface area (Å²) in [6.07, 6.45) is 0.529. The smallest absolute Gasteiger partial charge is 0.304 e. The lowest BCUT2D eigenvalue weighted by Gasteiger charge is -2.18. The van der Waals surface area contributed by atoms with Gasteiger partial charge in [-0.3, -0.25) is 9.59 Å². The molecule has 88 valence electrons. The number of nitrogens with one attached hydrogen (secondary N) is 1. The third kappa shape index (κ3) is 6.90. The van der Waals surface area contributed by atoms with Crippen LogP contribution in [0.1, 0.15) is 26.7 Å². The average molecular weight is 216 g/mol. The molecule has 2 N–H and O–H groups in total. The summed E-state index contributed by atoms with van der Waals surface area (Å²) in [4.78, 5) is 23.4. The van der Waals surface area contributed by atoms with E-state index in [9.17, 15) is 9.59 Å². The summed E-state index contributed by atoms with van der Waals surface area (Å²) >= 11 is 0. The van der Waals surface area contributed by atoms with Gasteiger partial charge in [-0.2, -0.15) is 0 Å². The van der Waals surface area contributed by atoms with E-state index in [0.29, 0.717) is 19.5 Å². The molecule has 0 unspecified atom stereocenters. The fourth-order valence-electron chi connectivity index (χ4n) is 1.25. The molecule has 0 saturated heterocycles. The molecule has 0 bridgehead atoms. The van der Waals surface area contributed by atoms with Gasteiger partial charge in [-0.25, -0.2) is 0 Å². The number of amides is 1. The van der Waals surface area contributed by atoms with Crippen LogP contribution in [-0.4, -0.2) is 48.1 Å².